The Morgan fingerprint density at radius 2 is 1.35 bits per heavy atom. The molecule has 0 atom stereocenters. The van der Waals surface area contributed by atoms with E-state index >= 15 is 0 Å². The molecule has 84 valence electrons. The van der Waals surface area contributed by atoms with Gasteiger partial charge in [-0.1, -0.05) is 6.58 Å². The van der Waals surface area contributed by atoms with E-state index in [0.29, 0.717) is 10.8 Å². The predicted molar refractivity (Wildman–Crippen MR) is 65.7 cm³/mol. The number of benzene rings is 2. The molecule has 0 aliphatic rings. The summed E-state index contributed by atoms with van der Waals surface area (Å²) < 4.78 is 28.3. The molecule has 0 saturated heterocycles. The van der Waals surface area contributed by atoms with Gasteiger partial charge in [-0.2, -0.15) is 0 Å². The first-order chi connectivity index (χ1) is 8.20. The Morgan fingerprint density at radius 1 is 0.882 bits per heavy atom. The molecule has 0 aliphatic heterocycles. The number of nitrogens with zero attached hydrogens (tertiary/aromatic N) is 1. The second-order valence-electron chi connectivity index (χ2n) is 3.88. The van der Waals surface area contributed by atoms with Gasteiger partial charge in [0.1, 0.15) is 11.6 Å². The molecule has 3 aromatic rings. The lowest BCUT2D eigenvalue weighted by Crippen LogP contribution is -1.84. The zero-order valence-corrected chi connectivity index (χ0v) is 8.95. The summed E-state index contributed by atoms with van der Waals surface area (Å²) in [7, 11) is 0. The molecule has 3 heteroatoms. The second kappa shape index (κ2) is 3.42. The maximum atomic E-state index is 13.2. The minimum Gasteiger partial charge on any atom is -0.317 e. The third-order valence-electron chi connectivity index (χ3n) is 2.91. The van der Waals surface area contributed by atoms with Gasteiger partial charge in [-0.3, -0.25) is 0 Å². The van der Waals surface area contributed by atoms with Gasteiger partial charge in [0.15, 0.2) is 0 Å². The molecule has 3 rings (SSSR count). The van der Waals surface area contributed by atoms with E-state index in [2.05, 4.69) is 6.58 Å². The van der Waals surface area contributed by atoms with Crippen molar-refractivity contribution in [3.05, 3.63) is 54.6 Å². The summed E-state index contributed by atoms with van der Waals surface area (Å²) in [6, 6.07) is 8.94. The van der Waals surface area contributed by atoms with Crippen LogP contribution >= 0.6 is 0 Å². The molecule has 0 radical (unpaired) electrons. The molecule has 1 heterocycles. The minimum absolute atomic E-state index is 0.329. The summed E-state index contributed by atoms with van der Waals surface area (Å²) in [5.74, 6) is -0.658. The van der Waals surface area contributed by atoms with Crippen molar-refractivity contribution in [2.24, 2.45) is 0 Å². The fourth-order valence-electron chi connectivity index (χ4n) is 2.19. The number of halogens is 2. The van der Waals surface area contributed by atoms with Crippen LogP contribution in [0.25, 0.3) is 28.0 Å². The first-order valence-electron chi connectivity index (χ1n) is 5.22. The van der Waals surface area contributed by atoms with Crippen molar-refractivity contribution in [1.29, 1.82) is 0 Å². The molecule has 0 saturated carbocycles. The topological polar surface area (TPSA) is 4.93 Å². The highest BCUT2D eigenvalue weighted by Crippen LogP contribution is 2.30. The molecule has 0 N–H and O–H groups in total. The Kier molecular flexibility index (Phi) is 2.01. The van der Waals surface area contributed by atoms with E-state index < -0.39 is 0 Å². The zero-order chi connectivity index (χ0) is 12.0. The SMILES string of the molecule is C=Cn1c2ccc(F)cc2c2cc(F)ccc21. The van der Waals surface area contributed by atoms with E-state index in [4.69, 9.17) is 0 Å². The number of hydrogen-bond acceptors (Lipinski definition) is 0. The first kappa shape index (κ1) is 10.0. The Bertz CT molecular complexity index is 681. The average molecular weight is 229 g/mol. The van der Waals surface area contributed by atoms with Crippen molar-refractivity contribution < 1.29 is 8.78 Å². The maximum absolute atomic E-state index is 13.2. The summed E-state index contributed by atoms with van der Waals surface area (Å²) in [5.41, 5.74) is 1.64. The molecule has 2 aromatic carbocycles. The van der Waals surface area contributed by atoms with Gasteiger partial charge in [0.05, 0.1) is 11.0 Å². The highest BCUT2D eigenvalue weighted by Gasteiger charge is 2.10. The summed E-state index contributed by atoms with van der Waals surface area (Å²) >= 11 is 0. The van der Waals surface area contributed by atoms with Gasteiger partial charge < -0.3 is 4.57 Å². The van der Waals surface area contributed by atoms with Crippen molar-refractivity contribution in [3.63, 3.8) is 0 Å². The van der Waals surface area contributed by atoms with E-state index in [9.17, 15) is 8.78 Å². The van der Waals surface area contributed by atoms with Crippen LogP contribution in [0.1, 0.15) is 0 Å². The van der Waals surface area contributed by atoms with Crippen molar-refractivity contribution in [3.8, 4) is 0 Å². The van der Waals surface area contributed by atoms with E-state index in [1.807, 2.05) is 4.57 Å². The lowest BCUT2D eigenvalue weighted by Gasteiger charge is -1.98. The van der Waals surface area contributed by atoms with Crippen LogP contribution in [-0.2, 0) is 0 Å². The standard InChI is InChI=1S/C14H9F2N/c1-2-17-13-5-3-9(15)7-11(13)12-8-10(16)4-6-14(12)17/h2-8H,1H2. The van der Waals surface area contributed by atoms with Crippen LogP contribution in [0.5, 0.6) is 0 Å². The molecule has 0 amide bonds. The van der Waals surface area contributed by atoms with E-state index in [1.54, 1.807) is 18.3 Å². The molecule has 0 unspecified atom stereocenters. The van der Waals surface area contributed by atoms with E-state index in [0.717, 1.165) is 11.0 Å². The number of fused-ring (bicyclic) bond motifs is 3. The van der Waals surface area contributed by atoms with Gasteiger partial charge in [-0.25, -0.2) is 8.78 Å². The third kappa shape index (κ3) is 1.35. The normalized spacial score (nSPS) is 11.2. The largest absolute Gasteiger partial charge is 0.317 e. The molecule has 1 aromatic heterocycles. The first-order valence-corrected chi connectivity index (χ1v) is 5.22. The van der Waals surface area contributed by atoms with Gasteiger partial charge >= 0.3 is 0 Å². The fraction of sp³-hybridized carbons (Fsp3) is 0. The van der Waals surface area contributed by atoms with E-state index in [1.165, 1.54) is 24.3 Å². The van der Waals surface area contributed by atoms with Crippen LogP contribution in [0, 0.1) is 11.6 Å². The van der Waals surface area contributed by atoms with Crippen LogP contribution < -0.4 is 0 Å². The van der Waals surface area contributed by atoms with Crippen molar-refractivity contribution in [2.75, 3.05) is 0 Å². The molecular formula is C14H9F2N. The van der Waals surface area contributed by atoms with Gasteiger partial charge in [0, 0.05) is 17.0 Å². The summed E-state index contributed by atoms with van der Waals surface area (Å²) in [5, 5.41) is 1.39. The van der Waals surface area contributed by atoms with Gasteiger partial charge in [0.25, 0.3) is 0 Å². The molecule has 17 heavy (non-hydrogen) atoms. The third-order valence-corrected chi connectivity index (χ3v) is 2.91. The number of aromatic nitrogens is 1. The Balaban J connectivity index is 2.61. The molecule has 0 bridgehead atoms. The van der Waals surface area contributed by atoms with Gasteiger partial charge in [0.2, 0.25) is 0 Å². The Morgan fingerprint density at radius 3 is 1.76 bits per heavy atom. The predicted octanol–water partition coefficient (Wildman–Crippen LogP) is 4.17. The second-order valence-corrected chi connectivity index (χ2v) is 3.88. The zero-order valence-electron chi connectivity index (χ0n) is 8.95. The van der Waals surface area contributed by atoms with Gasteiger partial charge in [-0.15, -0.1) is 0 Å². The minimum atomic E-state index is -0.329. The molecule has 0 spiro atoms. The highest BCUT2D eigenvalue weighted by atomic mass is 19.1. The van der Waals surface area contributed by atoms with Crippen LogP contribution in [0.4, 0.5) is 8.78 Å². The van der Waals surface area contributed by atoms with Crippen molar-refractivity contribution in [2.45, 2.75) is 0 Å². The van der Waals surface area contributed by atoms with E-state index in [-0.39, 0.29) is 11.6 Å². The van der Waals surface area contributed by atoms with Gasteiger partial charge in [-0.05, 0) is 36.4 Å². The highest BCUT2D eigenvalue weighted by molar-refractivity contribution is 6.09. The molecule has 0 aliphatic carbocycles. The summed E-state index contributed by atoms with van der Waals surface area (Å²) in [6.45, 7) is 3.72. The van der Waals surface area contributed by atoms with Crippen LogP contribution in [0.2, 0.25) is 0 Å². The lowest BCUT2D eigenvalue weighted by molar-refractivity contribution is 0.628. The number of hydrogen-bond donors (Lipinski definition) is 0. The number of rotatable bonds is 1. The Labute approximate surface area is 96.6 Å². The lowest BCUT2D eigenvalue weighted by atomic mass is 10.1. The van der Waals surface area contributed by atoms with Crippen LogP contribution in [0.15, 0.2) is 43.0 Å². The summed E-state index contributed by atoms with van der Waals surface area (Å²) in [6.07, 6.45) is 1.64. The van der Waals surface area contributed by atoms with Crippen LogP contribution in [-0.4, -0.2) is 4.57 Å². The molecular weight excluding hydrogens is 220 g/mol. The average Bonchev–Trinajstić information content (AvgIpc) is 2.62. The molecule has 1 nitrogen and oxygen atoms in total. The maximum Gasteiger partial charge on any atom is 0.123 e. The van der Waals surface area contributed by atoms with Crippen LogP contribution in [0.3, 0.4) is 0 Å². The van der Waals surface area contributed by atoms with Crippen molar-refractivity contribution in [1.82, 2.24) is 4.57 Å². The Hall–Kier alpha value is -2.16. The van der Waals surface area contributed by atoms with Crippen molar-refractivity contribution >= 4 is 28.0 Å². The smallest absolute Gasteiger partial charge is 0.123 e. The molecule has 0 fully saturated rings. The fourth-order valence-corrected chi connectivity index (χ4v) is 2.19. The summed E-state index contributed by atoms with van der Waals surface area (Å²) in [4.78, 5) is 0. The quantitative estimate of drug-likeness (QED) is 0.590. The monoisotopic (exact) mass is 229 g/mol.